The number of hydrogen-bond acceptors (Lipinski definition) is 5. The van der Waals surface area contributed by atoms with Crippen molar-refractivity contribution in [1.82, 2.24) is 4.98 Å². The highest BCUT2D eigenvalue weighted by atomic mass is 32.2. The molecule has 0 saturated heterocycles. The summed E-state index contributed by atoms with van der Waals surface area (Å²) in [5.41, 5.74) is 1.74. The fourth-order valence-electron chi connectivity index (χ4n) is 2.15. The number of anilines is 1. The quantitative estimate of drug-likeness (QED) is 0.642. The minimum Gasteiger partial charge on any atom is -0.494 e. The van der Waals surface area contributed by atoms with Crippen LogP contribution in [0.5, 0.6) is 5.75 Å². The number of amides is 1. The lowest BCUT2D eigenvalue weighted by Gasteiger charge is -2.11. The molecule has 6 heteroatoms. The van der Waals surface area contributed by atoms with Crippen LogP contribution in [-0.4, -0.2) is 22.7 Å². The fraction of sp³-hybridized carbons (Fsp3) is 0.222. The number of aromatic nitrogens is 1. The average molecular weight is 358 g/mol. The summed E-state index contributed by atoms with van der Waals surface area (Å²) in [6.07, 6.45) is 0. The highest BCUT2D eigenvalue weighted by Gasteiger charge is 2.17. The van der Waals surface area contributed by atoms with E-state index in [0.29, 0.717) is 6.61 Å². The number of thiazole rings is 1. The van der Waals surface area contributed by atoms with Crippen LogP contribution in [0.2, 0.25) is 0 Å². The zero-order chi connectivity index (χ0) is 16.9. The first kappa shape index (κ1) is 16.8. The molecule has 1 unspecified atom stereocenters. The van der Waals surface area contributed by atoms with Crippen molar-refractivity contribution in [3.8, 4) is 5.75 Å². The average Bonchev–Trinajstić information content (AvgIpc) is 2.99. The lowest BCUT2D eigenvalue weighted by Crippen LogP contribution is -2.22. The predicted octanol–water partition coefficient (Wildman–Crippen LogP) is 4.81. The van der Waals surface area contributed by atoms with Gasteiger partial charge in [0, 0.05) is 5.69 Å². The summed E-state index contributed by atoms with van der Waals surface area (Å²) >= 11 is 3.09. The Labute approximate surface area is 149 Å². The van der Waals surface area contributed by atoms with E-state index in [-0.39, 0.29) is 11.2 Å². The molecule has 0 spiro atoms. The molecule has 0 aliphatic heterocycles. The van der Waals surface area contributed by atoms with Crippen molar-refractivity contribution in [3.05, 3.63) is 48.5 Å². The highest BCUT2D eigenvalue weighted by molar-refractivity contribution is 8.02. The van der Waals surface area contributed by atoms with Gasteiger partial charge in [0.05, 0.1) is 22.1 Å². The van der Waals surface area contributed by atoms with Crippen molar-refractivity contribution in [1.29, 1.82) is 0 Å². The molecule has 4 nitrogen and oxygen atoms in total. The predicted molar refractivity (Wildman–Crippen MR) is 101 cm³/mol. The number of rotatable bonds is 6. The molecule has 1 N–H and O–H groups in total. The van der Waals surface area contributed by atoms with Gasteiger partial charge in [0.25, 0.3) is 0 Å². The van der Waals surface area contributed by atoms with E-state index in [1.165, 1.54) is 11.8 Å². The molecule has 1 heterocycles. The largest absolute Gasteiger partial charge is 0.494 e. The maximum absolute atomic E-state index is 12.4. The summed E-state index contributed by atoms with van der Waals surface area (Å²) in [6, 6.07) is 15.4. The van der Waals surface area contributed by atoms with E-state index >= 15 is 0 Å². The Morgan fingerprint density at radius 2 is 2.00 bits per heavy atom. The van der Waals surface area contributed by atoms with E-state index in [1.807, 2.05) is 62.4 Å². The van der Waals surface area contributed by atoms with Crippen LogP contribution >= 0.6 is 23.1 Å². The molecular formula is C18H18N2O2S2. The number of fused-ring (bicyclic) bond motifs is 1. The number of carbonyl (C=O) groups excluding carboxylic acids is 1. The van der Waals surface area contributed by atoms with E-state index in [0.717, 1.165) is 26.0 Å². The van der Waals surface area contributed by atoms with Gasteiger partial charge in [-0.3, -0.25) is 4.79 Å². The Hall–Kier alpha value is -2.05. The van der Waals surface area contributed by atoms with Crippen LogP contribution in [0.15, 0.2) is 52.9 Å². The standard InChI is InChI=1S/C18H18N2O2S2/c1-3-22-14-10-8-13(9-11-14)19-17(21)12(2)23-18-20-15-6-4-5-7-16(15)24-18/h4-12H,3H2,1-2H3,(H,19,21). The van der Waals surface area contributed by atoms with Crippen molar-refractivity contribution < 1.29 is 9.53 Å². The summed E-state index contributed by atoms with van der Waals surface area (Å²) < 4.78 is 7.44. The van der Waals surface area contributed by atoms with Gasteiger partial charge in [-0.1, -0.05) is 23.9 Å². The minimum atomic E-state index is -0.225. The number of hydrogen-bond donors (Lipinski definition) is 1. The second-order valence-electron chi connectivity index (χ2n) is 5.15. The lowest BCUT2D eigenvalue weighted by atomic mass is 10.3. The summed E-state index contributed by atoms with van der Waals surface area (Å²) in [7, 11) is 0. The third kappa shape index (κ3) is 4.07. The highest BCUT2D eigenvalue weighted by Crippen LogP contribution is 2.32. The van der Waals surface area contributed by atoms with E-state index in [1.54, 1.807) is 11.3 Å². The Morgan fingerprint density at radius 1 is 1.25 bits per heavy atom. The molecule has 124 valence electrons. The molecule has 0 bridgehead atoms. The number of benzene rings is 2. The Bertz CT molecular complexity index is 797. The van der Waals surface area contributed by atoms with Crippen LogP contribution in [0.3, 0.4) is 0 Å². The number of nitrogens with zero attached hydrogens (tertiary/aromatic N) is 1. The van der Waals surface area contributed by atoms with Gasteiger partial charge in [-0.2, -0.15) is 0 Å². The van der Waals surface area contributed by atoms with Gasteiger partial charge >= 0.3 is 0 Å². The summed E-state index contributed by atoms with van der Waals surface area (Å²) in [6.45, 7) is 4.46. The van der Waals surface area contributed by atoms with Gasteiger partial charge < -0.3 is 10.1 Å². The van der Waals surface area contributed by atoms with Crippen molar-refractivity contribution in [3.63, 3.8) is 0 Å². The number of nitrogens with one attached hydrogen (secondary N) is 1. The number of ether oxygens (including phenoxy) is 1. The van der Waals surface area contributed by atoms with Gasteiger partial charge in [-0.15, -0.1) is 11.3 Å². The Balaban J connectivity index is 1.61. The van der Waals surface area contributed by atoms with E-state index in [9.17, 15) is 4.79 Å². The van der Waals surface area contributed by atoms with E-state index < -0.39 is 0 Å². The van der Waals surface area contributed by atoms with Gasteiger partial charge in [-0.25, -0.2) is 4.98 Å². The number of para-hydroxylation sites is 1. The number of thioether (sulfide) groups is 1. The van der Waals surface area contributed by atoms with Crippen LogP contribution in [-0.2, 0) is 4.79 Å². The molecule has 1 amide bonds. The maximum Gasteiger partial charge on any atom is 0.237 e. The second-order valence-corrected chi connectivity index (χ2v) is 7.77. The molecule has 1 atom stereocenters. The first-order chi connectivity index (χ1) is 11.7. The Morgan fingerprint density at radius 3 is 2.71 bits per heavy atom. The molecule has 24 heavy (non-hydrogen) atoms. The van der Waals surface area contributed by atoms with Crippen LogP contribution in [0.4, 0.5) is 5.69 Å². The molecule has 3 rings (SSSR count). The molecule has 1 aromatic heterocycles. The monoisotopic (exact) mass is 358 g/mol. The van der Waals surface area contributed by atoms with Crippen molar-refractivity contribution in [2.45, 2.75) is 23.4 Å². The van der Waals surface area contributed by atoms with Gasteiger partial charge in [0.15, 0.2) is 4.34 Å². The third-order valence-corrected chi connectivity index (χ3v) is 5.58. The van der Waals surface area contributed by atoms with Crippen LogP contribution in [0.25, 0.3) is 10.2 Å². The molecule has 0 saturated carbocycles. The minimum absolute atomic E-state index is 0.0385. The molecule has 0 radical (unpaired) electrons. The van der Waals surface area contributed by atoms with Gasteiger partial charge in [-0.05, 0) is 50.2 Å². The van der Waals surface area contributed by atoms with Gasteiger partial charge in [0.2, 0.25) is 5.91 Å². The Kier molecular flexibility index (Phi) is 5.37. The molecule has 0 aliphatic carbocycles. The zero-order valence-corrected chi connectivity index (χ0v) is 15.1. The molecular weight excluding hydrogens is 340 g/mol. The van der Waals surface area contributed by atoms with Crippen LogP contribution < -0.4 is 10.1 Å². The van der Waals surface area contributed by atoms with Crippen LogP contribution in [0.1, 0.15) is 13.8 Å². The van der Waals surface area contributed by atoms with E-state index in [4.69, 9.17) is 4.74 Å². The lowest BCUT2D eigenvalue weighted by molar-refractivity contribution is -0.115. The van der Waals surface area contributed by atoms with Crippen molar-refractivity contribution in [2.75, 3.05) is 11.9 Å². The van der Waals surface area contributed by atoms with Gasteiger partial charge in [0.1, 0.15) is 5.75 Å². The molecule has 3 aromatic rings. The first-order valence-corrected chi connectivity index (χ1v) is 9.41. The summed E-state index contributed by atoms with van der Waals surface area (Å²) in [4.78, 5) is 16.9. The fourth-order valence-corrected chi connectivity index (χ4v) is 4.36. The maximum atomic E-state index is 12.4. The summed E-state index contributed by atoms with van der Waals surface area (Å²) in [5, 5.41) is 2.70. The smallest absolute Gasteiger partial charge is 0.237 e. The summed E-state index contributed by atoms with van der Waals surface area (Å²) in [5.74, 6) is 0.760. The molecule has 2 aromatic carbocycles. The topological polar surface area (TPSA) is 51.2 Å². The third-order valence-electron chi connectivity index (χ3n) is 3.35. The van der Waals surface area contributed by atoms with Crippen molar-refractivity contribution in [2.24, 2.45) is 0 Å². The normalized spacial score (nSPS) is 12.1. The first-order valence-electron chi connectivity index (χ1n) is 7.71. The SMILES string of the molecule is CCOc1ccc(NC(=O)C(C)Sc2nc3ccccc3s2)cc1. The zero-order valence-electron chi connectivity index (χ0n) is 13.5. The molecule has 0 fully saturated rings. The number of carbonyl (C=O) groups is 1. The second kappa shape index (κ2) is 7.68. The van der Waals surface area contributed by atoms with Crippen LogP contribution in [0, 0.1) is 0 Å². The molecule has 0 aliphatic rings. The van der Waals surface area contributed by atoms with E-state index in [2.05, 4.69) is 10.3 Å². The van der Waals surface area contributed by atoms with Crippen molar-refractivity contribution >= 4 is 44.9 Å².